The molecule has 1 heterocycles. The first kappa shape index (κ1) is 20.1. The molecule has 7 heteroatoms. The lowest BCUT2D eigenvalue weighted by Crippen LogP contribution is -2.18. The Kier molecular flexibility index (Phi) is 6.29. The number of aromatic nitrogens is 2. The highest BCUT2D eigenvalue weighted by atomic mass is 16.5. The van der Waals surface area contributed by atoms with E-state index in [0.29, 0.717) is 29.5 Å². The minimum absolute atomic E-state index is 0.333. The lowest BCUT2D eigenvalue weighted by atomic mass is 10.0. The molecule has 29 heavy (non-hydrogen) atoms. The molecule has 7 nitrogen and oxygen atoms in total. The van der Waals surface area contributed by atoms with E-state index >= 15 is 0 Å². The van der Waals surface area contributed by atoms with Crippen LogP contribution in [0.2, 0.25) is 0 Å². The highest BCUT2D eigenvalue weighted by Crippen LogP contribution is 2.27. The molecule has 0 fully saturated rings. The maximum Gasteiger partial charge on any atom is 0.289 e. The van der Waals surface area contributed by atoms with E-state index in [9.17, 15) is 4.79 Å². The maximum atomic E-state index is 12.3. The number of H-pyrrole nitrogens is 1. The number of aromatic amines is 1. The van der Waals surface area contributed by atoms with E-state index < -0.39 is 0 Å². The molecule has 1 amide bonds. The SMILES string of the molecule is CCOc1ccc(/C=N\NC(=O)c2cc(-c3ccc(C)c(C)c3)n[nH]2)cc1OC. The number of hydrogen-bond donors (Lipinski definition) is 2. The van der Waals surface area contributed by atoms with Crippen LogP contribution in [0.3, 0.4) is 0 Å². The zero-order valence-electron chi connectivity index (χ0n) is 16.9. The Bertz CT molecular complexity index is 1040. The summed E-state index contributed by atoms with van der Waals surface area (Å²) in [4.78, 5) is 12.3. The molecule has 150 valence electrons. The number of hydrazone groups is 1. The molecule has 3 aromatic rings. The fraction of sp³-hybridized carbons (Fsp3) is 0.227. The van der Waals surface area contributed by atoms with Crippen LogP contribution in [-0.2, 0) is 0 Å². The van der Waals surface area contributed by atoms with Crippen molar-refractivity contribution in [1.29, 1.82) is 0 Å². The first-order valence-corrected chi connectivity index (χ1v) is 9.29. The van der Waals surface area contributed by atoms with E-state index in [4.69, 9.17) is 9.47 Å². The average Bonchev–Trinajstić information content (AvgIpc) is 3.21. The Morgan fingerprint density at radius 1 is 1.14 bits per heavy atom. The third kappa shape index (κ3) is 4.82. The third-order valence-corrected chi connectivity index (χ3v) is 4.49. The number of amides is 1. The van der Waals surface area contributed by atoms with Crippen LogP contribution in [-0.4, -0.2) is 36.0 Å². The van der Waals surface area contributed by atoms with E-state index in [2.05, 4.69) is 27.6 Å². The van der Waals surface area contributed by atoms with Crippen LogP contribution in [0.5, 0.6) is 11.5 Å². The molecular formula is C22H24N4O3. The predicted octanol–water partition coefficient (Wildman–Crippen LogP) is 3.86. The molecule has 2 N–H and O–H groups in total. The van der Waals surface area contributed by atoms with Crippen LogP contribution in [0.4, 0.5) is 0 Å². The third-order valence-electron chi connectivity index (χ3n) is 4.49. The molecule has 1 aromatic heterocycles. The normalized spacial score (nSPS) is 10.9. The van der Waals surface area contributed by atoms with Crippen molar-refractivity contribution >= 4 is 12.1 Å². The lowest BCUT2D eigenvalue weighted by Gasteiger charge is -2.09. The van der Waals surface area contributed by atoms with Gasteiger partial charge in [-0.05, 0) is 67.8 Å². The van der Waals surface area contributed by atoms with Gasteiger partial charge in [0.15, 0.2) is 11.5 Å². The number of nitrogens with one attached hydrogen (secondary N) is 2. The fourth-order valence-corrected chi connectivity index (χ4v) is 2.75. The molecule has 0 spiro atoms. The van der Waals surface area contributed by atoms with Gasteiger partial charge in [0.05, 0.1) is 25.6 Å². The molecule has 0 saturated carbocycles. The summed E-state index contributed by atoms with van der Waals surface area (Å²) >= 11 is 0. The van der Waals surface area contributed by atoms with Crippen molar-refractivity contribution < 1.29 is 14.3 Å². The van der Waals surface area contributed by atoms with Crippen molar-refractivity contribution in [2.45, 2.75) is 20.8 Å². The second kappa shape index (κ2) is 9.05. The largest absolute Gasteiger partial charge is 0.493 e. The van der Waals surface area contributed by atoms with Crippen LogP contribution >= 0.6 is 0 Å². The number of carbonyl (C=O) groups is 1. The van der Waals surface area contributed by atoms with Gasteiger partial charge < -0.3 is 9.47 Å². The highest BCUT2D eigenvalue weighted by Gasteiger charge is 2.11. The van der Waals surface area contributed by atoms with Crippen LogP contribution in [0.15, 0.2) is 47.6 Å². The van der Waals surface area contributed by atoms with Crippen LogP contribution in [0, 0.1) is 13.8 Å². The van der Waals surface area contributed by atoms with Gasteiger partial charge >= 0.3 is 0 Å². The van der Waals surface area contributed by atoms with Crippen molar-refractivity contribution in [1.82, 2.24) is 15.6 Å². The standard InChI is InChI=1S/C22H24N4O3/c1-5-29-20-9-7-16(11-21(20)28-4)13-23-26-22(27)19-12-18(24-25-19)17-8-6-14(2)15(3)10-17/h6-13H,5H2,1-4H3,(H,24,25)(H,26,27)/b23-13-. The predicted molar refractivity (Wildman–Crippen MR) is 113 cm³/mol. The first-order valence-electron chi connectivity index (χ1n) is 9.29. The highest BCUT2D eigenvalue weighted by molar-refractivity contribution is 5.94. The van der Waals surface area contributed by atoms with E-state index in [0.717, 1.165) is 11.1 Å². The van der Waals surface area contributed by atoms with Crippen LogP contribution < -0.4 is 14.9 Å². The average molecular weight is 392 g/mol. The van der Waals surface area contributed by atoms with E-state index in [1.165, 1.54) is 17.3 Å². The molecule has 0 saturated heterocycles. The zero-order valence-corrected chi connectivity index (χ0v) is 16.9. The van der Waals surface area contributed by atoms with E-state index in [-0.39, 0.29) is 5.91 Å². The number of carbonyl (C=O) groups excluding carboxylic acids is 1. The topological polar surface area (TPSA) is 88.6 Å². The molecule has 0 bridgehead atoms. The monoisotopic (exact) mass is 392 g/mol. The summed E-state index contributed by atoms with van der Waals surface area (Å²) < 4.78 is 10.8. The molecule has 2 aromatic carbocycles. The van der Waals surface area contributed by atoms with Crippen molar-refractivity contribution in [3.05, 3.63) is 64.8 Å². The molecule has 0 aliphatic carbocycles. The zero-order chi connectivity index (χ0) is 20.8. The second-order valence-electron chi connectivity index (χ2n) is 6.51. The summed E-state index contributed by atoms with van der Waals surface area (Å²) in [6.45, 7) is 6.56. The van der Waals surface area contributed by atoms with Gasteiger partial charge in [0.25, 0.3) is 5.91 Å². The smallest absolute Gasteiger partial charge is 0.289 e. The summed E-state index contributed by atoms with van der Waals surface area (Å²) in [5.74, 6) is 0.892. The Hall–Kier alpha value is -3.61. The summed E-state index contributed by atoms with van der Waals surface area (Å²) in [5, 5.41) is 11.0. The van der Waals surface area contributed by atoms with Gasteiger partial charge in [0.2, 0.25) is 0 Å². The Balaban J connectivity index is 1.66. The lowest BCUT2D eigenvalue weighted by molar-refractivity contribution is 0.0950. The van der Waals surface area contributed by atoms with Crippen molar-refractivity contribution in [2.75, 3.05) is 13.7 Å². The van der Waals surface area contributed by atoms with Gasteiger partial charge in [0.1, 0.15) is 5.69 Å². The van der Waals surface area contributed by atoms with Crippen molar-refractivity contribution in [3.8, 4) is 22.8 Å². The van der Waals surface area contributed by atoms with Gasteiger partial charge in [-0.2, -0.15) is 10.2 Å². The second-order valence-corrected chi connectivity index (χ2v) is 6.51. The minimum atomic E-state index is -0.373. The molecule has 3 rings (SSSR count). The number of nitrogens with zero attached hydrogens (tertiary/aromatic N) is 2. The number of methoxy groups -OCH3 is 1. The molecule has 0 atom stereocenters. The summed E-state index contributed by atoms with van der Waals surface area (Å²) in [7, 11) is 1.58. The Morgan fingerprint density at radius 3 is 2.69 bits per heavy atom. The van der Waals surface area contributed by atoms with Crippen LogP contribution in [0.25, 0.3) is 11.3 Å². The number of benzene rings is 2. The van der Waals surface area contributed by atoms with Gasteiger partial charge in [0, 0.05) is 5.56 Å². The molecule has 0 radical (unpaired) electrons. The Morgan fingerprint density at radius 2 is 1.97 bits per heavy atom. The maximum absolute atomic E-state index is 12.3. The Labute approximate surface area is 169 Å². The molecular weight excluding hydrogens is 368 g/mol. The number of ether oxygens (including phenoxy) is 2. The van der Waals surface area contributed by atoms with Gasteiger partial charge in [-0.1, -0.05) is 12.1 Å². The molecule has 0 aliphatic heterocycles. The fourth-order valence-electron chi connectivity index (χ4n) is 2.75. The quantitative estimate of drug-likeness (QED) is 0.472. The first-order chi connectivity index (χ1) is 14.0. The van der Waals surface area contributed by atoms with Gasteiger partial charge in [-0.25, -0.2) is 5.43 Å². The van der Waals surface area contributed by atoms with Gasteiger partial charge in [-0.15, -0.1) is 0 Å². The number of hydrogen-bond acceptors (Lipinski definition) is 5. The van der Waals surface area contributed by atoms with Gasteiger partial charge in [-0.3, -0.25) is 9.89 Å². The van der Waals surface area contributed by atoms with E-state index in [1.54, 1.807) is 25.3 Å². The number of aryl methyl sites for hydroxylation is 2. The van der Waals surface area contributed by atoms with E-state index in [1.807, 2.05) is 38.1 Å². The van der Waals surface area contributed by atoms with Crippen LogP contribution in [0.1, 0.15) is 34.1 Å². The molecule has 0 aliphatic rings. The molecule has 0 unspecified atom stereocenters. The van der Waals surface area contributed by atoms with Crippen molar-refractivity contribution in [2.24, 2.45) is 5.10 Å². The summed E-state index contributed by atoms with van der Waals surface area (Å²) in [6.07, 6.45) is 1.54. The summed E-state index contributed by atoms with van der Waals surface area (Å²) in [5.41, 5.74) is 7.64. The number of rotatable bonds is 7. The summed E-state index contributed by atoms with van der Waals surface area (Å²) in [6, 6.07) is 13.2. The van der Waals surface area contributed by atoms with Crippen molar-refractivity contribution in [3.63, 3.8) is 0 Å². The minimum Gasteiger partial charge on any atom is -0.493 e.